The summed E-state index contributed by atoms with van der Waals surface area (Å²) in [5.41, 5.74) is 15.3. The molecule has 0 aliphatic heterocycles. The molecular weight excluding hydrogens is 487 g/mol. The first-order chi connectivity index (χ1) is 11.8. The fourth-order valence-corrected chi connectivity index (χ4v) is 4.00. The Kier molecular flexibility index (Phi) is 7.26. The van der Waals surface area contributed by atoms with Crippen LogP contribution in [0.3, 0.4) is 0 Å². The van der Waals surface area contributed by atoms with E-state index in [1.54, 1.807) is 0 Å². The van der Waals surface area contributed by atoms with Crippen LogP contribution in [0.1, 0.15) is 37.3 Å². The summed E-state index contributed by atoms with van der Waals surface area (Å²) in [6.45, 7) is 6.08. The number of hydrogen-bond donors (Lipinski definition) is 2. The van der Waals surface area contributed by atoms with Crippen molar-refractivity contribution in [3.8, 4) is 0 Å². The van der Waals surface area contributed by atoms with Crippen LogP contribution in [0.15, 0.2) is 71.7 Å². The van der Waals surface area contributed by atoms with Crippen LogP contribution < -0.4 is 11.5 Å². The Morgan fingerprint density at radius 1 is 1.12 bits per heavy atom. The molecule has 0 aliphatic rings. The Balaban J connectivity index is 2.14. The highest BCUT2D eigenvalue weighted by molar-refractivity contribution is 14.1. The SMILES string of the molecule is C=CCC(N)(CCC(N)[C@@](C)(I)c1ccc(Br)cc1)c1ccccc1. The van der Waals surface area contributed by atoms with Crippen LogP contribution in [0, 0.1) is 0 Å². The first kappa shape index (κ1) is 20.6. The largest absolute Gasteiger partial charge is 0.326 e. The van der Waals surface area contributed by atoms with E-state index in [1.807, 2.05) is 24.3 Å². The summed E-state index contributed by atoms with van der Waals surface area (Å²) in [7, 11) is 0. The van der Waals surface area contributed by atoms with Crippen LogP contribution in [0.4, 0.5) is 0 Å². The van der Waals surface area contributed by atoms with Crippen molar-refractivity contribution in [2.45, 2.75) is 41.2 Å². The topological polar surface area (TPSA) is 52.0 Å². The van der Waals surface area contributed by atoms with E-state index in [4.69, 9.17) is 11.5 Å². The van der Waals surface area contributed by atoms with Crippen LogP contribution in [-0.2, 0) is 8.96 Å². The predicted octanol–water partition coefficient (Wildman–Crippen LogP) is 5.64. The fraction of sp³-hybridized carbons (Fsp3) is 0.333. The number of benzene rings is 2. The van der Waals surface area contributed by atoms with Gasteiger partial charge in [0.15, 0.2) is 0 Å². The predicted molar refractivity (Wildman–Crippen MR) is 120 cm³/mol. The molecule has 2 aromatic rings. The van der Waals surface area contributed by atoms with Crippen LogP contribution >= 0.6 is 38.5 Å². The van der Waals surface area contributed by atoms with Crippen molar-refractivity contribution >= 4 is 38.5 Å². The third-order valence-corrected chi connectivity index (χ3v) is 6.82. The molecule has 2 unspecified atom stereocenters. The summed E-state index contributed by atoms with van der Waals surface area (Å²) in [4.78, 5) is 0. The zero-order valence-corrected chi connectivity index (χ0v) is 18.3. The number of halogens is 2. The highest BCUT2D eigenvalue weighted by Crippen LogP contribution is 2.38. The van der Waals surface area contributed by atoms with Crippen molar-refractivity contribution in [1.29, 1.82) is 0 Å². The van der Waals surface area contributed by atoms with Crippen molar-refractivity contribution in [3.63, 3.8) is 0 Å². The highest BCUT2D eigenvalue weighted by atomic mass is 127. The van der Waals surface area contributed by atoms with Gasteiger partial charge in [-0.2, -0.15) is 0 Å². The Morgan fingerprint density at radius 3 is 2.28 bits per heavy atom. The number of alkyl halides is 1. The second-order valence-electron chi connectivity index (χ2n) is 6.74. The third-order valence-electron chi connectivity index (χ3n) is 4.86. The minimum absolute atomic E-state index is 0.00530. The Labute approximate surface area is 173 Å². The number of hydrogen-bond acceptors (Lipinski definition) is 2. The Morgan fingerprint density at radius 2 is 1.72 bits per heavy atom. The molecule has 0 bridgehead atoms. The van der Waals surface area contributed by atoms with Gasteiger partial charge in [0.25, 0.3) is 0 Å². The van der Waals surface area contributed by atoms with Gasteiger partial charge in [-0.3, -0.25) is 0 Å². The first-order valence-electron chi connectivity index (χ1n) is 8.45. The van der Waals surface area contributed by atoms with Gasteiger partial charge >= 0.3 is 0 Å². The molecule has 2 rings (SSSR count). The molecule has 134 valence electrons. The second kappa shape index (κ2) is 8.80. The average molecular weight is 513 g/mol. The quantitative estimate of drug-likeness (QED) is 0.273. The number of rotatable bonds is 8. The molecule has 2 nitrogen and oxygen atoms in total. The summed E-state index contributed by atoms with van der Waals surface area (Å²) >= 11 is 5.96. The minimum Gasteiger partial charge on any atom is -0.326 e. The molecule has 0 amide bonds. The van der Waals surface area contributed by atoms with Crippen molar-refractivity contribution in [1.82, 2.24) is 0 Å². The Hall–Kier alpha value is -0.690. The lowest BCUT2D eigenvalue weighted by Gasteiger charge is -2.35. The van der Waals surface area contributed by atoms with Gasteiger partial charge in [0, 0.05) is 16.1 Å². The molecule has 0 saturated carbocycles. The van der Waals surface area contributed by atoms with Gasteiger partial charge in [-0.25, -0.2) is 0 Å². The van der Waals surface area contributed by atoms with E-state index in [2.05, 4.69) is 88.4 Å². The van der Waals surface area contributed by atoms with Crippen molar-refractivity contribution < 1.29 is 0 Å². The molecule has 0 radical (unpaired) electrons. The van der Waals surface area contributed by atoms with E-state index in [9.17, 15) is 0 Å². The molecule has 4 N–H and O–H groups in total. The van der Waals surface area contributed by atoms with Gasteiger partial charge in [-0.1, -0.05) is 87.1 Å². The first-order valence-corrected chi connectivity index (χ1v) is 10.3. The number of nitrogens with two attached hydrogens (primary N) is 2. The van der Waals surface area contributed by atoms with Crippen molar-refractivity contribution in [2.24, 2.45) is 11.5 Å². The van der Waals surface area contributed by atoms with Gasteiger partial charge in [0.2, 0.25) is 0 Å². The zero-order valence-electron chi connectivity index (χ0n) is 14.6. The standard InChI is InChI=1S/C21H26BrIN2/c1-3-14-21(25,17-7-5-4-6-8-17)15-13-19(24)20(2,23)16-9-11-18(22)12-10-16/h3-12,19H,1,13-15,24-25H2,2H3/t19?,20-,21?/m0/s1. The third kappa shape index (κ3) is 5.16. The zero-order chi connectivity index (χ0) is 18.5. The maximum atomic E-state index is 6.74. The van der Waals surface area contributed by atoms with E-state index in [0.29, 0.717) is 0 Å². The van der Waals surface area contributed by atoms with Crippen molar-refractivity contribution in [3.05, 3.63) is 82.9 Å². The van der Waals surface area contributed by atoms with E-state index >= 15 is 0 Å². The molecule has 0 spiro atoms. The average Bonchev–Trinajstić information content (AvgIpc) is 2.61. The van der Waals surface area contributed by atoms with Crippen LogP contribution in [0.2, 0.25) is 0 Å². The minimum atomic E-state index is -0.424. The normalized spacial score (nSPS) is 17.3. The lowest BCUT2D eigenvalue weighted by Crippen LogP contribution is -2.43. The van der Waals surface area contributed by atoms with E-state index in [-0.39, 0.29) is 9.46 Å². The lowest BCUT2D eigenvalue weighted by molar-refractivity contribution is 0.362. The second-order valence-corrected chi connectivity index (χ2v) is 9.90. The fourth-order valence-electron chi connectivity index (χ4n) is 3.07. The Bertz CT molecular complexity index is 685. The van der Waals surface area contributed by atoms with E-state index in [1.165, 1.54) is 5.56 Å². The van der Waals surface area contributed by atoms with Gasteiger partial charge in [0.05, 0.1) is 3.42 Å². The maximum Gasteiger partial charge on any atom is 0.0592 e. The molecule has 0 aliphatic carbocycles. The molecular formula is C21H26BrIN2. The van der Waals surface area contributed by atoms with Crippen LogP contribution in [0.5, 0.6) is 0 Å². The molecule has 25 heavy (non-hydrogen) atoms. The van der Waals surface area contributed by atoms with Gasteiger partial charge in [0.1, 0.15) is 0 Å². The summed E-state index contributed by atoms with van der Waals surface area (Å²) < 4.78 is 0.928. The van der Waals surface area contributed by atoms with Crippen molar-refractivity contribution in [2.75, 3.05) is 0 Å². The summed E-state index contributed by atoms with van der Waals surface area (Å²) in [5, 5.41) is 0. The summed E-state index contributed by atoms with van der Waals surface area (Å²) in [5.74, 6) is 0. The monoisotopic (exact) mass is 512 g/mol. The lowest BCUT2D eigenvalue weighted by atomic mass is 9.80. The molecule has 0 fully saturated rings. The van der Waals surface area contributed by atoms with E-state index in [0.717, 1.165) is 29.3 Å². The van der Waals surface area contributed by atoms with Gasteiger partial charge in [-0.05, 0) is 49.4 Å². The summed E-state index contributed by atoms with van der Waals surface area (Å²) in [6, 6.07) is 18.7. The molecule has 2 aromatic carbocycles. The maximum absolute atomic E-state index is 6.74. The highest BCUT2D eigenvalue weighted by Gasteiger charge is 2.33. The van der Waals surface area contributed by atoms with Gasteiger partial charge < -0.3 is 11.5 Å². The molecule has 0 saturated heterocycles. The smallest absolute Gasteiger partial charge is 0.0592 e. The molecule has 0 aromatic heterocycles. The van der Waals surface area contributed by atoms with Crippen LogP contribution in [-0.4, -0.2) is 6.04 Å². The van der Waals surface area contributed by atoms with Crippen LogP contribution in [0.25, 0.3) is 0 Å². The van der Waals surface area contributed by atoms with E-state index < -0.39 is 5.54 Å². The molecule has 3 atom stereocenters. The summed E-state index contributed by atoms with van der Waals surface area (Å²) in [6.07, 6.45) is 4.30. The molecule has 0 heterocycles. The molecule has 4 heteroatoms. The van der Waals surface area contributed by atoms with Gasteiger partial charge in [-0.15, -0.1) is 6.58 Å².